The summed E-state index contributed by atoms with van der Waals surface area (Å²) in [5.41, 5.74) is 2.61. The first-order valence-corrected chi connectivity index (χ1v) is 13.3. The van der Waals surface area contributed by atoms with Gasteiger partial charge in [-0.05, 0) is 41.7 Å². The molecule has 0 spiro atoms. The molecule has 1 N–H and O–H groups in total. The Kier molecular flexibility index (Phi) is 7.74. The number of aliphatic hydroxyl groups excluding tert-OH is 1. The van der Waals surface area contributed by atoms with Crippen molar-refractivity contribution >= 4 is 12.0 Å². The SMILES string of the molecule is O=C1OC(c2ccccc2)(C2CCCCC2)CC(O)=C1C/C=C/c1cccc(OCc2ccccc2)c1. The lowest BCUT2D eigenvalue weighted by atomic mass is 9.70. The van der Waals surface area contributed by atoms with E-state index in [1.807, 2.05) is 97.1 Å². The van der Waals surface area contributed by atoms with Crippen LogP contribution in [0.1, 0.15) is 61.6 Å². The van der Waals surface area contributed by atoms with Crippen molar-refractivity contribution in [2.24, 2.45) is 5.92 Å². The first-order chi connectivity index (χ1) is 18.1. The van der Waals surface area contributed by atoms with Gasteiger partial charge >= 0.3 is 5.97 Å². The molecule has 0 aromatic heterocycles. The summed E-state index contributed by atoms with van der Waals surface area (Å²) in [6.07, 6.45) is 9.99. The number of allylic oxidation sites excluding steroid dienone is 1. The van der Waals surface area contributed by atoms with Gasteiger partial charge in [-0.25, -0.2) is 4.79 Å². The second kappa shape index (κ2) is 11.5. The van der Waals surface area contributed by atoms with Gasteiger partial charge in [-0.1, -0.05) is 104 Å². The van der Waals surface area contributed by atoms with Crippen molar-refractivity contribution in [3.05, 3.63) is 119 Å². The minimum absolute atomic E-state index is 0.148. The molecule has 2 aliphatic rings. The molecule has 5 rings (SSSR count). The van der Waals surface area contributed by atoms with Gasteiger partial charge in [0.15, 0.2) is 0 Å². The Hall–Kier alpha value is -3.79. The summed E-state index contributed by atoms with van der Waals surface area (Å²) in [5.74, 6) is 0.730. The lowest BCUT2D eigenvalue weighted by Gasteiger charge is -2.44. The summed E-state index contributed by atoms with van der Waals surface area (Å²) < 4.78 is 12.2. The minimum Gasteiger partial charge on any atom is -0.512 e. The number of esters is 1. The summed E-state index contributed by atoms with van der Waals surface area (Å²) in [4.78, 5) is 13.3. The van der Waals surface area contributed by atoms with Crippen molar-refractivity contribution in [1.82, 2.24) is 0 Å². The number of cyclic esters (lactones) is 1. The smallest absolute Gasteiger partial charge is 0.338 e. The van der Waals surface area contributed by atoms with Gasteiger partial charge < -0.3 is 14.6 Å². The van der Waals surface area contributed by atoms with Crippen LogP contribution in [-0.2, 0) is 21.7 Å². The summed E-state index contributed by atoms with van der Waals surface area (Å²) in [6, 6.07) is 27.9. The number of rotatable bonds is 8. The summed E-state index contributed by atoms with van der Waals surface area (Å²) in [6.45, 7) is 0.505. The highest BCUT2D eigenvalue weighted by Crippen LogP contribution is 2.48. The lowest BCUT2D eigenvalue weighted by molar-refractivity contribution is -0.170. The van der Waals surface area contributed by atoms with Gasteiger partial charge in [0.1, 0.15) is 23.7 Å². The Labute approximate surface area is 219 Å². The molecule has 0 bridgehead atoms. The predicted molar refractivity (Wildman–Crippen MR) is 146 cm³/mol. The summed E-state index contributed by atoms with van der Waals surface area (Å²) in [5, 5.41) is 11.1. The fraction of sp³-hybridized carbons (Fsp3) is 0.303. The molecular weight excluding hydrogens is 460 g/mol. The molecule has 1 saturated carbocycles. The summed E-state index contributed by atoms with van der Waals surface area (Å²) in [7, 11) is 0. The molecule has 1 unspecified atom stereocenters. The van der Waals surface area contributed by atoms with E-state index in [-0.39, 0.29) is 11.7 Å². The van der Waals surface area contributed by atoms with E-state index in [4.69, 9.17) is 9.47 Å². The molecule has 0 amide bonds. The molecule has 0 saturated heterocycles. The molecule has 3 aromatic carbocycles. The van der Waals surface area contributed by atoms with Crippen LogP contribution in [0.25, 0.3) is 6.08 Å². The number of hydrogen-bond donors (Lipinski definition) is 1. The maximum atomic E-state index is 13.3. The molecule has 3 aromatic rings. The number of carbonyl (C=O) groups excluding carboxylic acids is 1. The topological polar surface area (TPSA) is 55.8 Å². The first kappa shape index (κ1) is 24.9. The van der Waals surface area contributed by atoms with E-state index in [0.29, 0.717) is 25.0 Å². The highest BCUT2D eigenvalue weighted by Gasteiger charge is 2.48. The van der Waals surface area contributed by atoms with Gasteiger partial charge in [0.25, 0.3) is 0 Å². The van der Waals surface area contributed by atoms with Gasteiger partial charge in [0.05, 0.1) is 5.57 Å². The molecule has 1 aliphatic heterocycles. The largest absolute Gasteiger partial charge is 0.512 e. The number of benzene rings is 3. The van der Waals surface area contributed by atoms with E-state index >= 15 is 0 Å². The molecular formula is C33H34O4. The highest BCUT2D eigenvalue weighted by molar-refractivity contribution is 5.91. The zero-order valence-electron chi connectivity index (χ0n) is 21.1. The Morgan fingerprint density at radius 2 is 1.65 bits per heavy atom. The fourth-order valence-corrected chi connectivity index (χ4v) is 5.61. The van der Waals surface area contributed by atoms with E-state index in [2.05, 4.69) is 0 Å². The Morgan fingerprint density at radius 1 is 0.919 bits per heavy atom. The van der Waals surface area contributed by atoms with Crippen LogP contribution in [0.3, 0.4) is 0 Å². The normalized spacial score (nSPS) is 20.7. The van der Waals surface area contributed by atoms with Crippen LogP contribution >= 0.6 is 0 Å². The molecule has 4 nitrogen and oxygen atoms in total. The molecule has 1 heterocycles. The summed E-state index contributed by atoms with van der Waals surface area (Å²) >= 11 is 0. The molecule has 4 heteroatoms. The van der Waals surface area contributed by atoms with Crippen molar-refractivity contribution in [3.8, 4) is 5.75 Å². The van der Waals surface area contributed by atoms with Crippen molar-refractivity contribution in [2.75, 3.05) is 0 Å². The Morgan fingerprint density at radius 3 is 2.38 bits per heavy atom. The van der Waals surface area contributed by atoms with Gasteiger partial charge in [-0.3, -0.25) is 0 Å². The van der Waals surface area contributed by atoms with Gasteiger partial charge in [0, 0.05) is 18.8 Å². The zero-order valence-corrected chi connectivity index (χ0v) is 21.1. The molecule has 1 aliphatic carbocycles. The van der Waals surface area contributed by atoms with Crippen molar-refractivity contribution < 1.29 is 19.4 Å². The third kappa shape index (κ3) is 5.80. The second-order valence-electron chi connectivity index (χ2n) is 10.0. The second-order valence-corrected chi connectivity index (χ2v) is 10.0. The number of ether oxygens (including phenoxy) is 2. The molecule has 1 fully saturated rings. The zero-order chi connectivity index (χ0) is 25.5. The Balaban J connectivity index is 1.29. The van der Waals surface area contributed by atoms with Crippen LogP contribution in [0.15, 0.2) is 102 Å². The number of carbonyl (C=O) groups is 1. The fourth-order valence-electron chi connectivity index (χ4n) is 5.61. The lowest BCUT2D eigenvalue weighted by Crippen LogP contribution is -2.44. The molecule has 37 heavy (non-hydrogen) atoms. The van der Waals surface area contributed by atoms with E-state index in [1.54, 1.807) is 0 Å². The molecule has 190 valence electrons. The average Bonchev–Trinajstić information content (AvgIpc) is 2.95. The minimum atomic E-state index is -0.791. The molecule has 1 atom stereocenters. The number of hydrogen-bond acceptors (Lipinski definition) is 4. The van der Waals surface area contributed by atoms with Gasteiger partial charge in [0.2, 0.25) is 0 Å². The standard InChI is InChI=1S/C33H34O4/c34-31-23-33(27-16-6-2-7-17-27,28-18-8-3-9-19-28)37-32(35)30(31)21-11-15-25-14-10-20-29(22-25)36-24-26-12-4-1-5-13-26/h1-2,4-7,10-17,20,22,28,34H,3,8-9,18-19,21,23-24H2/b15-11+. The highest BCUT2D eigenvalue weighted by atomic mass is 16.6. The third-order valence-electron chi connectivity index (χ3n) is 7.57. The van der Waals surface area contributed by atoms with E-state index in [9.17, 15) is 9.90 Å². The van der Waals surface area contributed by atoms with Crippen molar-refractivity contribution in [3.63, 3.8) is 0 Å². The van der Waals surface area contributed by atoms with Crippen LogP contribution in [0.2, 0.25) is 0 Å². The van der Waals surface area contributed by atoms with Crippen LogP contribution < -0.4 is 4.74 Å². The van der Waals surface area contributed by atoms with Crippen LogP contribution in [-0.4, -0.2) is 11.1 Å². The molecule has 0 radical (unpaired) electrons. The quantitative estimate of drug-likeness (QED) is 0.323. The Bertz CT molecular complexity index is 1260. The number of aliphatic hydroxyl groups is 1. The van der Waals surface area contributed by atoms with E-state index < -0.39 is 11.6 Å². The van der Waals surface area contributed by atoms with Crippen molar-refractivity contribution in [1.29, 1.82) is 0 Å². The van der Waals surface area contributed by atoms with Crippen LogP contribution in [0.5, 0.6) is 5.75 Å². The van der Waals surface area contributed by atoms with Crippen molar-refractivity contribution in [2.45, 2.75) is 57.2 Å². The van der Waals surface area contributed by atoms with Gasteiger partial charge in [-0.2, -0.15) is 0 Å². The van der Waals surface area contributed by atoms with Gasteiger partial charge in [-0.15, -0.1) is 0 Å². The first-order valence-electron chi connectivity index (χ1n) is 13.3. The van der Waals surface area contributed by atoms with E-state index in [1.165, 1.54) is 6.42 Å². The predicted octanol–water partition coefficient (Wildman–Crippen LogP) is 7.90. The van der Waals surface area contributed by atoms with E-state index in [0.717, 1.165) is 48.1 Å². The third-order valence-corrected chi connectivity index (χ3v) is 7.57. The maximum Gasteiger partial charge on any atom is 0.338 e. The van der Waals surface area contributed by atoms with Crippen LogP contribution in [0, 0.1) is 5.92 Å². The average molecular weight is 495 g/mol. The monoisotopic (exact) mass is 494 g/mol. The van der Waals surface area contributed by atoms with Crippen LogP contribution in [0.4, 0.5) is 0 Å². The maximum absolute atomic E-state index is 13.3.